The van der Waals surface area contributed by atoms with E-state index < -0.39 is 0 Å². The Morgan fingerprint density at radius 2 is 2.08 bits per heavy atom. The molecule has 1 N–H and O–H groups in total. The number of rotatable bonds is 1. The average Bonchev–Trinajstić information content (AvgIpc) is 2.46. The van der Waals surface area contributed by atoms with Crippen molar-refractivity contribution in [1.29, 1.82) is 0 Å². The van der Waals surface area contributed by atoms with Crippen LogP contribution in [0.5, 0.6) is 11.5 Å². The molecule has 2 aromatic rings. The first-order chi connectivity index (χ1) is 6.20. The summed E-state index contributed by atoms with van der Waals surface area (Å²) in [5, 5.41) is 10.3. The predicted octanol–water partition coefficient (Wildman–Crippen LogP) is 2.46. The average molecular weight is 178 g/mol. The second-order valence-electron chi connectivity index (χ2n) is 2.92. The largest absolute Gasteiger partial charge is 0.507 e. The summed E-state index contributed by atoms with van der Waals surface area (Å²) in [7, 11) is 1.55. The van der Waals surface area contributed by atoms with Crippen molar-refractivity contribution in [3.63, 3.8) is 0 Å². The van der Waals surface area contributed by atoms with E-state index in [4.69, 9.17) is 9.15 Å². The third-order valence-corrected chi connectivity index (χ3v) is 1.95. The minimum Gasteiger partial charge on any atom is -0.507 e. The van der Waals surface area contributed by atoms with E-state index in [2.05, 4.69) is 0 Å². The second kappa shape index (κ2) is 2.69. The van der Waals surface area contributed by atoms with Gasteiger partial charge in [-0.25, -0.2) is 0 Å². The Morgan fingerprint density at radius 3 is 2.77 bits per heavy atom. The highest BCUT2D eigenvalue weighted by Crippen LogP contribution is 2.32. The Hall–Kier alpha value is -1.64. The van der Waals surface area contributed by atoms with Gasteiger partial charge in [0.25, 0.3) is 0 Å². The molecule has 0 spiro atoms. The van der Waals surface area contributed by atoms with Crippen LogP contribution >= 0.6 is 0 Å². The lowest BCUT2D eigenvalue weighted by molar-refractivity contribution is 0.408. The predicted molar refractivity (Wildman–Crippen MR) is 49.2 cm³/mol. The van der Waals surface area contributed by atoms with E-state index in [1.807, 2.05) is 6.92 Å². The van der Waals surface area contributed by atoms with Crippen LogP contribution in [0.4, 0.5) is 0 Å². The molecule has 1 aromatic heterocycles. The maximum Gasteiger partial charge on any atom is 0.141 e. The van der Waals surface area contributed by atoms with Gasteiger partial charge in [0.15, 0.2) is 0 Å². The third kappa shape index (κ3) is 1.22. The van der Waals surface area contributed by atoms with Gasteiger partial charge < -0.3 is 14.3 Å². The maximum atomic E-state index is 9.56. The molecule has 0 unspecified atom stereocenters. The minimum atomic E-state index is 0.186. The summed E-state index contributed by atoms with van der Waals surface area (Å²) in [6, 6.07) is 5.11. The van der Waals surface area contributed by atoms with Crippen molar-refractivity contribution in [3.8, 4) is 11.5 Å². The summed E-state index contributed by atoms with van der Waals surface area (Å²) >= 11 is 0. The molecule has 68 valence electrons. The first-order valence-electron chi connectivity index (χ1n) is 3.98. The van der Waals surface area contributed by atoms with Crippen molar-refractivity contribution in [3.05, 3.63) is 24.0 Å². The van der Waals surface area contributed by atoms with Gasteiger partial charge in [-0.05, 0) is 13.0 Å². The Labute approximate surface area is 75.5 Å². The van der Waals surface area contributed by atoms with E-state index in [9.17, 15) is 5.11 Å². The van der Waals surface area contributed by atoms with Crippen LogP contribution in [-0.4, -0.2) is 12.2 Å². The molecule has 0 saturated heterocycles. The fraction of sp³-hybridized carbons (Fsp3) is 0.200. The van der Waals surface area contributed by atoms with Crippen molar-refractivity contribution >= 4 is 11.0 Å². The number of aryl methyl sites for hydroxylation is 1. The monoisotopic (exact) mass is 178 g/mol. The molecule has 1 heterocycles. The normalized spacial score (nSPS) is 10.6. The zero-order valence-corrected chi connectivity index (χ0v) is 7.50. The SMILES string of the molecule is COc1cc(O)c2cc(C)oc2c1. The molecule has 1 aromatic carbocycles. The van der Waals surface area contributed by atoms with Crippen LogP contribution in [-0.2, 0) is 0 Å². The number of fused-ring (bicyclic) bond motifs is 1. The van der Waals surface area contributed by atoms with Crippen LogP contribution in [0, 0.1) is 6.92 Å². The van der Waals surface area contributed by atoms with E-state index in [-0.39, 0.29) is 5.75 Å². The van der Waals surface area contributed by atoms with Crippen LogP contribution in [0.2, 0.25) is 0 Å². The summed E-state index contributed by atoms with van der Waals surface area (Å²) in [4.78, 5) is 0. The van der Waals surface area contributed by atoms with Crippen LogP contribution in [0.3, 0.4) is 0 Å². The quantitative estimate of drug-likeness (QED) is 0.729. The molecule has 2 rings (SSSR count). The Bertz CT molecular complexity index is 443. The highest BCUT2D eigenvalue weighted by Gasteiger charge is 2.07. The molecule has 0 fully saturated rings. The number of hydrogen-bond donors (Lipinski definition) is 1. The minimum absolute atomic E-state index is 0.186. The molecule has 13 heavy (non-hydrogen) atoms. The van der Waals surface area contributed by atoms with Crippen molar-refractivity contribution in [1.82, 2.24) is 0 Å². The molecule has 0 aliphatic rings. The molecule has 0 radical (unpaired) electrons. The molecule has 0 saturated carbocycles. The number of methoxy groups -OCH3 is 1. The maximum absolute atomic E-state index is 9.56. The van der Waals surface area contributed by atoms with Crippen molar-refractivity contribution in [2.45, 2.75) is 6.92 Å². The third-order valence-electron chi connectivity index (χ3n) is 1.95. The van der Waals surface area contributed by atoms with E-state index in [1.165, 1.54) is 0 Å². The molecular weight excluding hydrogens is 168 g/mol. The number of ether oxygens (including phenoxy) is 1. The van der Waals surface area contributed by atoms with Gasteiger partial charge in [-0.1, -0.05) is 0 Å². The van der Waals surface area contributed by atoms with E-state index >= 15 is 0 Å². The lowest BCUT2D eigenvalue weighted by Gasteiger charge is -1.99. The highest BCUT2D eigenvalue weighted by atomic mass is 16.5. The molecule has 0 amide bonds. The summed E-state index contributed by atoms with van der Waals surface area (Å²) in [5.41, 5.74) is 0.648. The smallest absolute Gasteiger partial charge is 0.141 e. The molecule has 0 aliphatic heterocycles. The van der Waals surface area contributed by atoms with Crippen molar-refractivity contribution in [2.75, 3.05) is 7.11 Å². The van der Waals surface area contributed by atoms with E-state index in [1.54, 1.807) is 25.3 Å². The zero-order chi connectivity index (χ0) is 9.42. The van der Waals surface area contributed by atoms with Gasteiger partial charge in [0.2, 0.25) is 0 Å². The lowest BCUT2D eigenvalue weighted by atomic mass is 10.2. The fourth-order valence-corrected chi connectivity index (χ4v) is 1.34. The van der Waals surface area contributed by atoms with Crippen LogP contribution in [0.1, 0.15) is 5.76 Å². The molecule has 0 bridgehead atoms. The summed E-state index contributed by atoms with van der Waals surface area (Å²) in [6.45, 7) is 1.84. The number of aromatic hydroxyl groups is 1. The Kier molecular flexibility index (Phi) is 1.65. The Morgan fingerprint density at radius 1 is 1.31 bits per heavy atom. The molecule has 3 nitrogen and oxygen atoms in total. The van der Waals surface area contributed by atoms with Gasteiger partial charge in [-0.15, -0.1) is 0 Å². The van der Waals surface area contributed by atoms with E-state index in [0.717, 1.165) is 11.1 Å². The Balaban J connectivity index is 2.75. The second-order valence-corrected chi connectivity index (χ2v) is 2.92. The number of hydrogen-bond acceptors (Lipinski definition) is 3. The molecule has 0 aliphatic carbocycles. The standard InChI is InChI=1S/C10H10O3/c1-6-3-8-9(11)4-7(12-2)5-10(8)13-6/h3-5,11H,1-2H3. The first kappa shape index (κ1) is 7.98. The number of benzene rings is 1. The van der Waals surface area contributed by atoms with Gasteiger partial charge in [-0.3, -0.25) is 0 Å². The van der Waals surface area contributed by atoms with Gasteiger partial charge in [0.05, 0.1) is 12.5 Å². The van der Waals surface area contributed by atoms with Crippen LogP contribution in [0.15, 0.2) is 22.6 Å². The lowest BCUT2D eigenvalue weighted by Crippen LogP contribution is -1.81. The van der Waals surface area contributed by atoms with Gasteiger partial charge in [-0.2, -0.15) is 0 Å². The molecule has 3 heteroatoms. The molecule has 0 atom stereocenters. The van der Waals surface area contributed by atoms with E-state index in [0.29, 0.717) is 11.3 Å². The first-order valence-corrected chi connectivity index (χ1v) is 3.98. The van der Waals surface area contributed by atoms with Gasteiger partial charge in [0.1, 0.15) is 22.8 Å². The molecular formula is C10H10O3. The van der Waals surface area contributed by atoms with Crippen molar-refractivity contribution < 1.29 is 14.3 Å². The van der Waals surface area contributed by atoms with Crippen LogP contribution < -0.4 is 4.74 Å². The summed E-state index contributed by atoms with van der Waals surface area (Å²) in [6.07, 6.45) is 0. The van der Waals surface area contributed by atoms with Crippen molar-refractivity contribution in [2.24, 2.45) is 0 Å². The number of phenolic OH excluding ortho intramolecular Hbond substituents is 1. The fourth-order valence-electron chi connectivity index (χ4n) is 1.34. The topological polar surface area (TPSA) is 42.6 Å². The van der Waals surface area contributed by atoms with Gasteiger partial charge in [0, 0.05) is 12.1 Å². The summed E-state index contributed by atoms with van der Waals surface area (Å²) in [5.74, 6) is 1.56. The number of furan rings is 1. The summed E-state index contributed by atoms with van der Waals surface area (Å²) < 4.78 is 10.3. The zero-order valence-electron chi connectivity index (χ0n) is 7.50. The number of phenols is 1. The van der Waals surface area contributed by atoms with Gasteiger partial charge >= 0.3 is 0 Å². The van der Waals surface area contributed by atoms with Crippen LogP contribution in [0.25, 0.3) is 11.0 Å². The highest BCUT2D eigenvalue weighted by molar-refractivity contribution is 5.85.